The fourth-order valence-electron chi connectivity index (χ4n) is 1.75. The molecule has 1 nitrogen and oxygen atoms in total. The zero-order valence-electron chi connectivity index (χ0n) is 9.82. The molecule has 0 spiro atoms. The van der Waals surface area contributed by atoms with Gasteiger partial charge in [-0.3, -0.25) is 0 Å². The molecule has 0 amide bonds. The molecule has 0 saturated carbocycles. The number of hydrogen-bond acceptors (Lipinski definition) is 3. The van der Waals surface area contributed by atoms with E-state index in [9.17, 15) is 5.11 Å². The first-order chi connectivity index (χ1) is 7.61. The minimum absolute atomic E-state index is 0.0873. The van der Waals surface area contributed by atoms with E-state index in [1.807, 2.05) is 11.8 Å². The molecular weight excluding hydrogens is 236 g/mol. The van der Waals surface area contributed by atoms with Crippen molar-refractivity contribution < 1.29 is 5.11 Å². The van der Waals surface area contributed by atoms with Gasteiger partial charge in [0.2, 0.25) is 0 Å². The van der Waals surface area contributed by atoms with Crippen molar-refractivity contribution in [2.75, 3.05) is 12.4 Å². The van der Waals surface area contributed by atoms with Crippen molar-refractivity contribution in [2.24, 2.45) is 0 Å². The third-order valence-corrected chi connectivity index (χ3v) is 5.03. The van der Waals surface area contributed by atoms with Crippen molar-refractivity contribution in [3.05, 3.63) is 23.8 Å². The van der Waals surface area contributed by atoms with Gasteiger partial charge in [-0.2, -0.15) is 0 Å². The normalized spacial score (nSPS) is 15.9. The number of hydrogen-bond donors (Lipinski definition) is 1. The van der Waals surface area contributed by atoms with Gasteiger partial charge in [0, 0.05) is 14.5 Å². The zero-order chi connectivity index (χ0) is 11.6. The Morgan fingerprint density at radius 3 is 3.00 bits per heavy atom. The fraction of sp³-hybridized carbons (Fsp3) is 0.538. The highest BCUT2D eigenvalue weighted by molar-refractivity contribution is 8.00. The van der Waals surface area contributed by atoms with E-state index in [0.717, 1.165) is 0 Å². The first-order valence-electron chi connectivity index (χ1n) is 5.66. The van der Waals surface area contributed by atoms with Gasteiger partial charge in [-0.15, -0.1) is 23.5 Å². The van der Waals surface area contributed by atoms with Crippen LogP contribution in [0.2, 0.25) is 0 Å². The molecule has 0 atom stereocenters. The summed E-state index contributed by atoms with van der Waals surface area (Å²) in [6.07, 6.45) is 2.49. The Morgan fingerprint density at radius 1 is 1.44 bits per heavy atom. The van der Waals surface area contributed by atoms with Crippen LogP contribution < -0.4 is 0 Å². The first kappa shape index (κ1) is 12.3. The van der Waals surface area contributed by atoms with Gasteiger partial charge in [0.05, 0.1) is 6.61 Å². The molecule has 0 fully saturated rings. The summed E-state index contributed by atoms with van der Waals surface area (Å²) < 4.78 is -0.0873. The van der Waals surface area contributed by atoms with Gasteiger partial charge in [0.1, 0.15) is 0 Å². The molecule has 1 aromatic carbocycles. The lowest BCUT2D eigenvalue weighted by atomic mass is 10.1. The molecule has 0 radical (unpaired) electrons. The highest BCUT2D eigenvalue weighted by atomic mass is 32.2. The maximum Gasteiger partial charge on any atom is 0.0576 e. The smallest absolute Gasteiger partial charge is 0.0576 e. The van der Waals surface area contributed by atoms with Crippen LogP contribution >= 0.6 is 23.5 Å². The Hall–Kier alpha value is -0.120. The van der Waals surface area contributed by atoms with Crippen molar-refractivity contribution in [3.63, 3.8) is 0 Å². The van der Waals surface area contributed by atoms with Crippen molar-refractivity contribution in [1.82, 2.24) is 0 Å². The zero-order valence-corrected chi connectivity index (χ0v) is 11.5. The second-order valence-corrected chi connectivity index (χ2v) is 7.66. The molecule has 1 aliphatic heterocycles. The maximum atomic E-state index is 9.27. The summed E-state index contributed by atoms with van der Waals surface area (Å²) in [5.41, 5.74) is 1.48. The Labute approximate surface area is 106 Å². The number of thioether (sulfide) groups is 2. The van der Waals surface area contributed by atoms with Crippen LogP contribution in [0.4, 0.5) is 0 Å². The second-order valence-electron chi connectivity index (χ2n) is 4.74. The van der Waals surface area contributed by atoms with Crippen molar-refractivity contribution in [1.29, 1.82) is 0 Å². The van der Waals surface area contributed by atoms with E-state index in [-0.39, 0.29) is 11.4 Å². The molecule has 0 aromatic heterocycles. The van der Waals surface area contributed by atoms with Crippen LogP contribution in [-0.2, 0) is 6.42 Å². The Kier molecular flexibility index (Phi) is 3.88. The molecule has 1 aromatic rings. The topological polar surface area (TPSA) is 20.2 Å². The van der Waals surface area contributed by atoms with Crippen LogP contribution in [0.1, 0.15) is 25.8 Å². The fourth-order valence-corrected chi connectivity index (χ4v) is 3.81. The molecule has 0 aliphatic carbocycles. The highest BCUT2D eigenvalue weighted by Crippen LogP contribution is 2.37. The summed E-state index contributed by atoms with van der Waals surface area (Å²) in [7, 11) is 0. The summed E-state index contributed by atoms with van der Waals surface area (Å²) >= 11 is 3.72. The van der Waals surface area contributed by atoms with Crippen LogP contribution in [0.3, 0.4) is 0 Å². The van der Waals surface area contributed by atoms with Crippen LogP contribution in [0.25, 0.3) is 0 Å². The predicted octanol–water partition coefficient (Wildman–Crippen LogP) is 3.59. The van der Waals surface area contributed by atoms with Crippen LogP contribution in [0.5, 0.6) is 0 Å². The lowest BCUT2D eigenvalue weighted by Crippen LogP contribution is -2.19. The predicted molar refractivity (Wildman–Crippen MR) is 72.5 cm³/mol. The molecular formula is C13H18OS2. The number of aryl methyl sites for hydroxylation is 1. The summed E-state index contributed by atoms with van der Waals surface area (Å²) in [6.45, 7) is 4.36. The third-order valence-electron chi connectivity index (χ3n) is 2.65. The highest BCUT2D eigenvalue weighted by Gasteiger charge is 2.19. The van der Waals surface area contributed by atoms with Crippen LogP contribution in [0.15, 0.2) is 28.0 Å². The summed E-state index contributed by atoms with van der Waals surface area (Å²) in [5.74, 6) is 1.25. The van der Waals surface area contributed by atoms with Crippen LogP contribution in [0, 0.1) is 0 Å². The molecule has 1 N–H and O–H groups in total. The number of rotatable bonds is 3. The third kappa shape index (κ3) is 2.96. The molecule has 1 aliphatic rings. The van der Waals surface area contributed by atoms with E-state index in [4.69, 9.17) is 0 Å². The van der Waals surface area contributed by atoms with Gasteiger partial charge < -0.3 is 5.11 Å². The molecule has 3 heteroatoms. The van der Waals surface area contributed by atoms with Crippen molar-refractivity contribution in [3.8, 4) is 0 Å². The lowest BCUT2D eigenvalue weighted by Gasteiger charge is -2.22. The molecule has 0 bridgehead atoms. The number of aliphatic hydroxyl groups excluding tert-OH is 1. The minimum atomic E-state index is -0.0873. The Morgan fingerprint density at radius 2 is 2.25 bits per heavy atom. The molecule has 0 unspecified atom stereocenters. The summed E-state index contributed by atoms with van der Waals surface area (Å²) in [6, 6.07) is 6.71. The van der Waals surface area contributed by atoms with Gasteiger partial charge in [0.15, 0.2) is 0 Å². The monoisotopic (exact) mass is 254 g/mol. The summed E-state index contributed by atoms with van der Waals surface area (Å²) in [4.78, 5) is 2.72. The maximum absolute atomic E-state index is 9.27. The number of aliphatic hydroxyl groups is 1. The molecule has 16 heavy (non-hydrogen) atoms. The standard InChI is InChI=1S/C13H18OS2/c1-13(2,9-14)16-11-5-6-12-10(8-11)4-3-7-15-12/h5-6,8,14H,3-4,7,9H2,1-2H3. The van der Waals surface area contributed by atoms with Crippen molar-refractivity contribution in [2.45, 2.75) is 41.2 Å². The minimum Gasteiger partial charge on any atom is -0.395 e. The summed E-state index contributed by atoms with van der Waals surface area (Å²) in [5, 5.41) is 9.27. The van der Waals surface area contributed by atoms with E-state index < -0.39 is 0 Å². The van der Waals surface area contributed by atoms with E-state index in [2.05, 4.69) is 32.0 Å². The van der Waals surface area contributed by atoms with Crippen LogP contribution in [-0.4, -0.2) is 22.2 Å². The average Bonchev–Trinajstić information content (AvgIpc) is 2.28. The second kappa shape index (κ2) is 5.03. The largest absolute Gasteiger partial charge is 0.395 e. The van der Waals surface area contributed by atoms with E-state index in [1.165, 1.54) is 33.9 Å². The van der Waals surface area contributed by atoms with Gasteiger partial charge in [0.25, 0.3) is 0 Å². The first-order valence-corrected chi connectivity index (χ1v) is 7.46. The van der Waals surface area contributed by atoms with Crippen molar-refractivity contribution >= 4 is 23.5 Å². The van der Waals surface area contributed by atoms with Gasteiger partial charge in [-0.25, -0.2) is 0 Å². The van der Waals surface area contributed by atoms with Gasteiger partial charge in [-0.1, -0.05) is 0 Å². The average molecular weight is 254 g/mol. The Balaban J connectivity index is 2.17. The van der Waals surface area contributed by atoms with E-state index >= 15 is 0 Å². The molecule has 2 rings (SSSR count). The van der Waals surface area contributed by atoms with E-state index in [0.29, 0.717) is 0 Å². The van der Waals surface area contributed by atoms with Gasteiger partial charge in [-0.05, 0) is 56.2 Å². The molecule has 0 saturated heterocycles. The van der Waals surface area contributed by atoms with Gasteiger partial charge >= 0.3 is 0 Å². The molecule has 88 valence electrons. The number of fused-ring (bicyclic) bond motifs is 1. The quantitative estimate of drug-likeness (QED) is 0.833. The molecule has 1 heterocycles. The van der Waals surface area contributed by atoms with E-state index in [1.54, 1.807) is 11.8 Å². The SMILES string of the molecule is CC(C)(CO)Sc1ccc2c(c1)CCCS2. The lowest BCUT2D eigenvalue weighted by molar-refractivity contribution is 0.265. The number of benzene rings is 1. The Bertz CT molecular complexity index is 374.